The number of aromatic carboxylic acids is 1. The van der Waals surface area contributed by atoms with Crippen LogP contribution in [0.25, 0.3) is 16.7 Å². The van der Waals surface area contributed by atoms with Crippen LogP contribution >= 0.6 is 0 Å². The van der Waals surface area contributed by atoms with Crippen LogP contribution in [-0.4, -0.2) is 27.0 Å². The number of hydrogen-bond donors (Lipinski definition) is 3. The smallest absolute Gasteiger partial charge is 0.337 e. The number of nitrogens with two attached hydrogens (primary N) is 1. The maximum atomic E-state index is 12.4. The highest BCUT2D eigenvalue weighted by molar-refractivity contribution is 6.01. The number of imidazole rings is 1. The van der Waals surface area contributed by atoms with E-state index in [1.165, 1.54) is 6.07 Å². The second-order valence-electron chi connectivity index (χ2n) is 5.48. The van der Waals surface area contributed by atoms with Crippen LogP contribution in [0.1, 0.15) is 22.1 Å². The molecule has 7 heteroatoms. The van der Waals surface area contributed by atoms with E-state index in [2.05, 4.69) is 15.0 Å². The van der Waals surface area contributed by atoms with Crippen molar-refractivity contribution in [3.8, 4) is 0 Å². The highest BCUT2D eigenvalue weighted by Crippen LogP contribution is 2.25. The number of carboxylic acids is 1. The maximum absolute atomic E-state index is 12.4. The minimum Gasteiger partial charge on any atom is -0.478 e. The van der Waals surface area contributed by atoms with Gasteiger partial charge >= 0.3 is 5.97 Å². The molecule has 0 bridgehead atoms. The molecule has 118 valence electrons. The van der Waals surface area contributed by atoms with Gasteiger partial charge < -0.3 is 15.8 Å². The van der Waals surface area contributed by atoms with Crippen molar-refractivity contribution in [2.45, 2.75) is 5.92 Å². The van der Waals surface area contributed by atoms with Crippen LogP contribution in [0.5, 0.6) is 0 Å². The van der Waals surface area contributed by atoms with E-state index in [1.807, 2.05) is 6.07 Å². The van der Waals surface area contributed by atoms with Crippen molar-refractivity contribution >= 4 is 28.6 Å². The lowest BCUT2D eigenvalue weighted by atomic mass is 9.99. The molecule has 7 nitrogen and oxygen atoms in total. The number of para-hydroxylation sites is 2. The molecule has 1 aromatic heterocycles. The van der Waals surface area contributed by atoms with Crippen LogP contribution in [0.2, 0.25) is 0 Å². The Morgan fingerprint density at radius 3 is 2.75 bits per heavy atom. The summed E-state index contributed by atoms with van der Waals surface area (Å²) < 4.78 is 0. The van der Waals surface area contributed by atoms with Crippen molar-refractivity contribution in [2.24, 2.45) is 10.7 Å². The summed E-state index contributed by atoms with van der Waals surface area (Å²) in [6, 6.07) is 11.9. The minimum atomic E-state index is -1.08. The second-order valence-corrected chi connectivity index (χ2v) is 5.48. The second kappa shape index (κ2) is 5.02. The molecule has 1 amide bonds. The van der Waals surface area contributed by atoms with E-state index >= 15 is 0 Å². The van der Waals surface area contributed by atoms with Crippen LogP contribution in [0.3, 0.4) is 0 Å². The van der Waals surface area contributed by atoms with E-state index in [0.717, 1.165) is 0 Å². The van der Waals surface area contributed by atoms with Crippen LogP contribution < -0.4 is 16.3 Å². The van der Waals surface area contributed by atoms with Gasteiger partial charge in [-0.2, -0.15) is 0 Å². The quantitative estimate of drug-likeness (QED) is 0.626. The zero-order chi connectivity index (χ0) is 16.8. The number of amides is 1. The fraction of sp³-hybridized carbons (Fsp3) is 0.0588. The van der Waals surface area contributed by atoms with E-state index in [0.29, 0.717) is 33.1 Å². The lowest BCUT2D eigenvalue weighted by Gasteiger charge is -2.15. The number of fused-ring (bicyclic) bond motifs is 2. The fourth-order valence-corrected chi connectivity index (χ4v) is 2.91. The monoisotopic (exact) mass is 320 g/mol. The van der Waals surface area contributed by atoms with Gasteiger partial charge in [-0.15, -0.1) is 0 Å². The van der Waals surface area contributed by atoms with Gasteiger partial charge in [0, 0.05) is 10.9 Å². The molecule has 0 saturated heterocycles. The number of H-pyrrole nitrogens is 1. The molecule has 24 heavy (non-hydrogen) atoms. The first-order valence-corrected chi connectivity index (χ1v) is 7.25. The van der Waals surface area contributed by atoms with Gasteiger partial charge in [0.15, 0.2) is 0 Å². The number of nitrogens with one attached hydrogen (secondary N) is 1. The molecule has 1 aliphatic heterocycles. The molecule has 3 aromatic rings. The Morgan fingerprint density at radius 2 is 1.96 bits per heavy atom. The molecule has 1 aliphatic rings. The normalized spacial score (nSPS) is 16.8. The Kier molecular flexibility index (Phi) is 2.96. The van der Waals surface area contributed by atoms with Gasteiger partial charge in [-0.05, 0) is 18.2 Å². The summed E-state index contributed by atoms with van der Waals surface area (Å²) in [5.41, 5.74) is 7.43. The van der Waals surface area contributed by atoms with Gasteiger partial charge in [0.2, 0.25) is 0 Å². The molecule has 0 saturated carbocycles. The van der Waals surface area contributed by atoms with Gasteiger partial charge in [0.05, 0.1) is 16.4 Å². The van der Waals surface area contributed by atoms with Crippen LogP contribution in [0.15, 0.2) is 47.5 Å². The van der Waals surface area contributed by atoms with Gasteiger partial charge in [-0.1, -0.05) is 24.3 Å². The summed E-state index contributed by atoms with van der Waals surface area (Å²) >= 11 is 0. The number of carbonyl (C=O) groups excluding carboxylic acids is 1. The van der Waals surface area contributed by atoms with Crippen LogP contribution in [0.4, 0.5) is 0 Å². The summed E-state index contributed by atoms with van der Waals surface area (Å²) in [7, 11) is 0. The zero-order valence-electron chi connectivity index (χ0n) is 12.4. The summed E-state index contributed by atoms with van der Waals surface area (Å²) in [6.07, 6.45) is 0. The first-order chi connectivity index (χ1) is 11.6. The van der Waals surface area contributed by atoms with Crippen LogP contribution in [-0.2, 0) is 4.79 Å². The summed E-state index contributed by atoms with van der Waals surface area (Å²) in [5, 5.41) is 10.5. The lowest BCUT2D eigenvalue weighted by Crippen LogP contribution is -2.39. The number of hydrogen-bond acceptors (Lipinski definition) is 4. The molecule has 1 unspecified atom stereocenters. The van der Waals surface area contributed by atoms with Crippen molar-refractivity contribution in [1.29, 1.82) is 0 Å². The Bertz CT molecular complexity index is 1130. The Balaban J connectivity index is 1.95. The molecule has 0 radical (unpaired) electrons. The molecule has 2 heterocycles. The molecule has 0 aliphatic carbocycles. The Morgan fingerprint density at radius 1 is 1.17 bits per heavy atom. The number of aromatic amines is 1. The van der Waals surface area contributed by atoms with E-state index in [1.54, 1.807) is 30.3 Å². The minimum absolute atomic E-state index is 0.0640. The Labute approximate surface area is 135 Å². The maximum Gasteiger partial charge on any atom is 0.337 e. The molecular weight excluding hydrogens is 308 g/mol. The molecule has 1 atom stereocenters. The van der Waals surface area contributed by atoms with Gasteiger partial charge in [-0.3, -0.25) is 4.79 Å². The number of aromatic nitrogens is 2. The number of carbonyl (C=O) groups is 2. The predicted molar refractivity (Wildman–Crippen MR) is 85.6 cm³/mol. The van der Waals surface area contributed by atoms with Crippen molar-refractivity contribution in [3.63, 3.8) is 0 Å². The highest BCUT2D eigenvalue weighted by atomic mass is 16.4. The SMILES string of the molecule is NC1=c2ccccc2=NC(=O)C1c1nc2c(C(=O)O)cccc2[nH]1. The first-order valence-electron chi connectivity index (χ1n) is 7.25. The fourth-order valence-electron chi connectivity index (χ4n) is 2.91. The van der Waals surface area contributed by atoms with E-state index in [9.17, 15) is 14.7 Å². The number of nitrogens with zero attached hydrogens (tertiary/aromatic N) is 2. The molecule has 0 fully saturated rings. The topological polar surface area (TPSA) is 121 Å². The first kappa shape index (κ1) is 14.1. The third-order valence-corrected chi connectivity index (χ3v) is 4.04. The predicted octanol–water partition coefficient (Wildman–Crippen LogP) is 0.272. The molecule has 4 rings (SSSR count). The average molecular weight is 320 g/mol. The van der Waals surface area contributed by atoms with E-state index in [-0.39, 0.29) is 5.56 Å². The molecule has 0 spiro atoms. The molecule has 4 N–H and O–H groups in total. The third kappa shape index (κ3) is 1.98. The zero-order valence-corrected chi connectivity index (χ0v) is 12.4. The average Bonchev–Trinajstić information content (AvgIpc) is 2.98. The van der Waals surface area contributed by atoms with Crippen molar-refractivity contribution < 1.29 is 14.7 Å². The van der Waals surface area contributed by atoms with Crippen molar-refractivity contribution in [1.82, 2.24) is 9.97 Å². The van der Waals surface area contributed by atoms with Crippen LogP contribution in [0, 0.1) is 0 Å². The summed E-state index contributed by atoms with van der Waals surface area (Å²) in [4.78, 5) is 35.1. The largest absolute Gasteiger partial charge is 0.478 e. The van der Waals surface area contributed by atoms with Crippen molar-refractivity contribution in [2.75, 3.05) is 0 Å². The summed E-state index contributed by atoms with van der Waals surface area (Å²) in [6.45, 7) is 0. The van der Waals surface area contributed by atoms with E-state index in [4.69, 9.17) is 5.73 Å². The highest BCUT2D eigenvalue weighted by Gasteiger charge is 2.30. The lowest BCUT2D eigenvalue weighted by molar-refractivity contribution is -0.118. The number of carboxylic acid groups (broad SMARTS) is 1. The standard InChI is InChI=1S/C17H12N4O3/c18-13-8-4-1-2-6-10(8)20-16(22)12(13)15-19-11-7-3-5-9(17(23)24)14(11)21-15/h1-7,12H,18H2,(H,19,21)(H,23,24). The molecular formula is C17H12N4O3. The number of benzene rings is 2. The van der Waals surface area contributed by atoms with Gasteiger partial charge in [-0.25, -0.2) is 14.8 Å². The van der Waals surface area contributed by atoms with Gasteiger partial charge in [0.25, 0.3) is 5.91 Å². The molecule has 2 aromatic carbocycles. The number of rotatable bonds is 2. The van der Waals surface area contributed by atoms with Crippen molar-refractivity contribution in [3.05, 3.63) is 64.4 Å². The van der Waals surface area contributed by atoms with E-state index < -0.39 is 17.8 Å². The van der Waals surface area contributed by atoms with Gasteiger partial charge in [0.1, 0.15) is 17.3 Å². The summed E-state index contributed by atoms with van der Waals surface area (Å²) in [5.74, 6) is -2.07. The Hall–Kier alpha value is -3.48. The third-order valence-electron chi connectivity index (χ3n) is 4.04.